The summed E-state index contributed by atoms with van der Waals surface area (Å²) in [4.78, 5) is 2.75. The zero-order valence-electron chi connectivity index (χ0n) is 9.47. The van der Waals surface area contributed by atoms with Crippen LogP contribution in [0, 0.1) is 5.92 Å². The highest BCUT2D eigenvalue weighted by molar-refractivity contribution is 4.94. The fourth-order valence-corrected chi connectivity index (χ4v) is 2.74. The highest BCUT2D eigenvalue weighted by Gasteiger charge is 2.40. The topological polar surface area (TPSA) is 15.3 Å². The molecule has 0 spiro atoms. The Bertz CT molecular complexity index is 162. The van der Waals surface area contributed by atoms with E-state index < -0.39 is 0 Å². The molecular formula is C12H24N2. The SMILES string of the molecule is CCCC1CC1N1CCCNCCC1. The molecule has 1 aliphatic carbocycles. The Balaban J connectivity index is 1.73. The van der Waals surface area contributed by atoms with E-state index in [-0.39, 0.29) is 0 Å². The van der Waals surface area contributed by atoms with Crippen LogP contribution < -0.4 is 5.32 Å². The molecule has 2 heteroatoms. The molecule has 1 aliphatic heterocycles. The van der Waals surface area contributed by atoms with Crippen LogP contribution in [0.25, 0.3) is 0 Å². The van der Waals surface area contributed by atoms with Gasteiger partial charge in [-0.15, -0.1) is 0 Å². The maximum absolute atomic E-state index is 3.48. The van der Waals surface area contributed by atoms with Gasteiger partial charge in [0, 0.05) is 6.04 Å². The number of hydrogen-bond acceptors (Lipinski definition) is 2. The van der Waals surface area contributed by atoms with Gasteiger partial charge < -0.3 is 10.2 Å². The van der Waals surface area contributed by atoms with Crippen LogP contribution in [0.2, 0.25) is 0 Å². The van der Waals surface area contributed by atoms with Crippen LogP contribution in [-0.4, -0.2) is 37.1 Å². The first-order valence-corrected chi connectivity index (χ1v) is 6.36. The molecule has 1 N–H and O–H groups in total. The molecule has 1 saturated heterocycles. The van der Waals surface area contributed by atoms with Gasteiger partial charge >= 0.3 is 0 Å². The molecule has 82 valence electrons. The van der Waals surface area contributed by atoms with Crippen LogP contribution in [0.3, 0.4) is 0 Å². The van der Waals surface area contributed by atoms with Crippen molar-refractivity contribution in [2.24, 2.45) is 5.92 Å². The number of nitrogens with one attached hydrogen (secondary N) is 1. The van der Waals surface area contributed by atoms with Crippen molar-refractivity contribution in [2.45, 2.75) is 45.1 Å². The normalized spacial score (nSPS) is 34.9. The minimum Gasteiger partial charge on any atom is -0.317 e. The quantitative estimate of drug-likeness (QED) is 0.741. The van der Waals surface area contributed by atoms with Crippen molar-refractivity contribution in [3.63, 3.8) is 0 Å². The summed E-state index contributed by atoms with van der Waals surface area (Å²) >= 11 is 0. The summed E-state index contributed by atoms with van der Waals surface area (Å²) in [5, 5.41) is 3.48. The van der Waals surface area contributed by atoms with Crippen molar-refractivity contribution >= 4 is 0 Å². The summed E-state index contributed by atoms with van der Waals surface area (Å²) in [7, 11) is 0. The molecular weight excluding hydrogens is 172 g/mol. The van der Waals surface area contributed by atoms with E-state index in [1.165, 1.54) is 58.3 Å². The van der Waals surface area contributed by atoms with Gasteiger partial charge in [-0.05, 0) is 57.8 Å². The van der Waals surface area contributed by atoms with Crippen molar-refractivity contribution in [1.82, 2.24) is 10.2 Å². The second-order valence-electron chi connectivity index (χ2n) is 4.84. The Morgan fingerprint density at radius 2 is 1.93 bits per heavy atom. The maximum Gasteiger partial charge on any atom is 0.0127 e. The van der Waals surface area contributed by atoms with E-state index in [9.17, 15) is 0 Å². The third-order valence-corrected chi connectivity index (χ3v) is 3.61. The van der Waals surface area contributed by atoms with E-state index in [2.05, 4.69) is 17.1 Å². The first-order chi connectivity index (χ1) is 6.92. The predicted octanol–water partition coefficient (Wildman–Crippen LogP) is 1.86. The molecule has 1 heterocycles. The van der Waals surface area contributed by atoms with Gasteiger partial charge in [0.2, 0.25) is 0 Å². The van der Waals surface area contributed by atoms with E-state index in [0.717, 1.165) is 12.0 Å². The Morgan fingerprint density at radius 1 is 1.21 bits per heavy atom. The van der Waals surface area contributed by atoms with Crippen molar-refractivity contribution in [2.75, 3.05) is 26.2 Å². The average molecular weight is 196 g/mol. The van der Waals surface area contributed by atoms with Crippen molar-refractivity contribution < 1.29 is 0 Å². The van der Waals surface area contributed by atoms with Gasteiger partial charge in [-0.3, -0.25) is 0 Å². The Morgan fingerprint density at radius 3 is 2.57 bits per heavy atom. The number of hydrogen-bond donors (Lipinski definition) is 1. The Labute approximate surface area is 88.1 Å². The Kier molecular flexibility index (Phi) is 3.82. The molecule has 14 heavy (non-hydrogen) atoms. The van der Waals surface area contributed by atoms with Crippen LogP contribution in [0.5, 0.6) is 0 Å². The summed E-state index contributed by atoms with van der Waals surface area (Å²) in [6, 6.07) is 0.966. The van der Waals surface area contributed by atoms with E-state index in [1.54, 1.807) is 0 Å². The molecule has 0 aromatic carbocycles. The summed E-state index contributed by atoms with van der Waals surface area (Å²) in [6.45, 7) is 7.42. The lowest BCUT2D eigenvalue weighted by molar-refractivity contribution is 0.231. The second-order valence-corrected chi connectivity index (χ2v) is 4.84. The van der Waals surface area contributed by atoms with Gasteiger partial charge in [0.1, 0.15) is 0 Å². The molecule has 0 aromatic rings. The van der Waals surface area contributed by atoms with Gasteiger partial charge in [-0.1, -0.05) is 13.3 Å². The summed E-state index contributed by atoms with van der Waals surface area (Å²) in [6.07, 6.45) is 7.00. The third-order valence-electron chi connectivity index (χ3n) is 3.61. The first-order valence-electron chi connectivity index (χ1n) is 6.36. The lowest BCUT2D eigenvalue weighted by atomic mass is 10.2. The van der Waals surface area contributed by atoms with Gasteiger partial charge in [-0.2, -0.15) is 0 Å². The van der Waals surface area contributed by atoms with Crippen molar-refractivity contribution in [3.05, 3.63) is 0 Å². The highest BCUT2D eigenvalue weighted by atomic mass is 15.2. The summed E-state index contributed by atoms with van der Waals surface area (Å²) < 4.78 is 0. The van der Waals surface area contributed by atoms with E-state index in [0.29, 0.717) is 0 Å². The monoisotopic (exact) mass is 196 g/mol. The lowest BCUT2D eigenvalue weighted by Crippen LogP contribution is -2.36. The predicted molar refractivity (Wildman–Crippen MR) is 60.5 cm³/mol. The molecule has 2 nitrogen and oxygen atoms in total. The molecule has 2 aliphatic rings. The van der Waals surface area contributed by atoms with Crippen LogP contribution in [0.1, 0.15) is 39.0 Å². The smallest absolute Gasteiger partial charge is 0.0127 e. The minimum absolute atomic E-state index is 0.966. The molecule has 2 atom stereocenters. The standard InChI is InChI=1S/C12H24N2/c1-2-5-11-10-12(11)14-8-3-6-13-7-4-9-14/h11-13H,2-10H2,1H3. The van der Waals surface area contributed by atoms with Crippen molar-refractivity contribution in [3.8, 4) is 0 Å². The fraction of sp³-hybridized carbons (Fsp3) is 1.00. The van der Waals surface area contributed by atoms with Crippen molar-refractivity contribution in [1.29, 1.82) is 0 Å². The molecule has 0 amide bonds. The number of nitrogens with zero attached hydrogens (tertiary/aromatic N) is 1. The Hall–Kier alpha value is -0.0800. The zero-order valence-corrected chi connectivity index (χ0v) is 9.47. The summed E-state index contributed by atoms with van der Waals surface area (Å²) in [5.41, 5.74) is 0. The van der Waals surface area contributed by atoms with Gasteiger partial charge in [0.05, 0.1) is 0 Å². The molecule has 2 rings (SSSR count). The molecule has 2 unspecified atom stereocenters. The molecule has 0 radical (unpaired) electrons. The third kappa shape index (κ3) is 2.71. The molecule has 1 saturated carbocycles. The van der Waals surface area contributed by atoms with Crippen LogP contribution in [0.15, 0.2) is 0 Å². The van der Waals surface area contributed by atoms with Gasteiger partial charge in [0.25, 0.3) is 0 Å². The zero-order chi connectivity index (χ0) is 9.80. The minimum atomic E-state index is 0.966. The second kappa shape index (κ2) is 5.13. The van der Waals surface area contributed by atoms with Crippen LogP contribution in [0.4, 0.5) is 0 Å². The fourth-order valence-electron chi connectivity index (χ4n) is 2.74. The highest BCUT2D eigenvalue weighted by Crippen LogP contribution is 2.39. The average Bonchev–Trinajstić information content (AvgIpc) is 2.84. The molecule has 0 aromatic heterocycles. The molecule has 0 bridgehead atoms. The largest absolute Gasteiger partial charge is 0.317 e. The lowest BCUT2D eigenvalue weighted by Gasteiger charge is -2.25. The van der Waals surface area contributed by atoms with E-state index in [1.807, 2.05) is 0 Å². The summed E-state index contributed by atoms with van der Waals surface area (Å²) in [5.74, 6) is 1.05. The van der Waals surface area contributed by atoms with Gasteiger partial charge in [0.15, 0.2) is 0 Å². The van der Waals surface area contributed by atoms with E-state index >= 15 is 0 Å². The van der Waals surface area contributed by atoms with Crippen LogP contribution in [-0.2, 0) is 0 Å². The van der Waals surface area contributed by atoms with Crippen LogP contribution >= 0.6 is 0 Å². The first kappa shape index (κ1) is 10.4. The van der Waals surface area contributed by atoms with E-state index in [4.69, 9.17) is 0 Å². The maximum atomic E-state index is 3.48. The van der Waals surface area contributed by atoms with Gasteiger partial charge in [-0.25, -0.2) is 0 Å². The molecule has 2 fully saturated rings. The number of rotatable bonds is 3.